The fraction of sp³-hybridized carbons (Fsp3) is 0. The van der Waals surface area contributed by atoms with Gasteiger partial charge in [0.25, 0.3) is 0 Å². The van der Waals surface area contributed by atoms with Crippen LogP contribution >= 0.6 is 0 Å². The number of H-pyrrole nitrogens is 1. The third kappa shape index (κ3) is 1.64. The van der Waals surface area contributed by atoms with Crippen molar-refractivity contribution in [3.05, 3.63) is 36.8 Å². The Labute approximate surface area is 81.0 Å². The summed E-state index contributed by atoms with van der Waals surface area (Å²) in [6.45, 7) is 0. The molecular weight excluding hydrogens is 178 g/mol. The lowest BCUT2D eigenvalue weighted by atomic mass is 10.1. The summed E-state index contributed by atoms with van der Waals surface area (Å²) in [5, 5.41) is 2.60. The van der Waals surface area contributed by atoms with Gasteiger partial charge in [-0.1, -0.05) is 12.1 Å². The van der Waals surface area contributed by atoms with E-state index in [0.29, 0.717) is 6.41 Å². The summed E-state index contributed by atoms with van der Waals surface area (Å²) in [6, 6.07) is 7.53. The van der Waals surface area contributed by atoms with Crippen LogP contribution in [0, 0.1) is 0 Å². The van der Waals surface area contributed by atoms with E-state index < -0.39 is 0 Å². The van der Waals surface area contributed by atoms with E-state index in [9.17, 15) is 4.79 Å². The van der Waals surface area contributed by atoms with E-state index in [4.69, 9.17) is 0 Å². The monoisotopic (exact) mass is 187 g/mol. The zero-order chi connectivity index (χ0) is 9.80. The zero-order valence-corrected chi connectivity index (χ0v) is 7.40. The average molecular weight is 187 g/mol. The molecule has 0 atom stereocenters. The van der Waals surface area contributed by atoms with Crippen LogP contribution in [0.4, 0.5) is 5.69 Å². The van der Waals surface area contributed by atoms with Crippen molar-refractivity contribution in [3.8, 4) is 11.3 Å². The second-order valence-corrected chi connectivity index (χ2v) is 2.81. The first kappa shape index (κ1) is 8.50. The summed E-state index contributed by atoms with van der Waals surface area (Å²) in [5.41, 5.74) is 2.70. The molecule has 2 aromatic rings. The van der Waals surface area contributed by atoms with Crippen LogP contribution in [0.5, 0.6) is 0 Å². The summed E-state index contributed by atoms with van der Waals surface area (Å²) in [5.74, 6) is 0. The van der Waals surface area contributed by atoms with Crippen LogP contribution in [0.2, 0.25) is 0 Å². The minimum Gasteiger partial charge on any atom is -0.345 e. The largest absolute Gasteiger partial charge is 0.345 e. The maximum atomic E-state index is 10.2. The summed E-state index contributed by atoms with van der Waals surface area (Å²) in [7, 11) is 0. The Morgan fingerprint density at radius 2 is 2.36 bits per heavy atom. The molecule has 0 saturated carbocycles. The number of rotatable bonds is 3. The number of aromatic amines is 1. The number of benzene rings is 1. The van der Waals surface area contributed by atoms with Crippen LogP contribution in [0.3, 0.4) is 0 Å². The normalized spacial score (nSPS) is 9.71. The fourth-order valence-corrected chi connectivity index (χ4v) is 1.26. The molecule has 4 nitrogen and oxygen atoms in total. The summed E-state index contributed by atoms with van der Waals surface area (Å²) in [4.78, 5) is 17.2. The Morgan fingerprint density at radius 1 is 1.43 bits per heavy atom. The molecule has 1 heterocycles. The minimum atomic E-state index is 0.659. The van der Waals surface area contributed by atoms with E-state index in [1.54, 1.807) is 12.5 Å². The lowest BCUT2D eigenvalue weighted by Crippen LogP contribution is -1.93. The molecule has 2 N–H and O–H groups in total. The van der Waals surface area contributed by atoms with Crippen LogP contribution in [0.1, 0.15) is 0 Å². The molecule has 0 aliphatic carbocycles. The van der Waals surface area contributed by atoms with E-state index >= 15 is 0 Å². The molecule has 1 aromatic heterocycles. The Bertz CT molecular complexity index is 423. The number of aromatic nitrogens is 2. The number of hydrogen-bond acceptors (Lipinski definition) is 2. The van der Waals surface area contributed by atoms with Gasteiger partial charge in [0.15, 0.2) is 0 Å². The van der Waals surface area contributed by atoms with Crippen molar-refractivity contribution in [1.82, 2.24) is 9.97 Å². The maximum absolute atomic E-state index is 10.2. The van der Waals surface area contributed by atoms with Gasteiger partial charge in [-0.3, -0.25) is 4.79 Å². The number of nitrogens with one attached hydrogen (secondary N) is 2. The SMILES string of the molecule is O=CNc1cccc(-c2cnc[nH]2)c1. The summed E-state index contributed by atoms with van der Waals surface area (Å²) in [6.07, 6.45) is 4.02. The van der Waals surface area contributed by atoms with Crippen molar-refractivity contribution in [3.63, 3.8) is 0 Å². The molecule has 0 aliphatic rings. The number of carbonyl (C=O) groups excluding carboxylic acids is 1. The molecule has 1 amide bonds. The molecule has 14 heavy (non-hydrogen) atoms. The highest BCUT2D eigenvalue weighted by molar-refractivity contribution is 5.74. The minimum absolute atomic E-state index is 0.659. The van der Waals surface area contributed by atoms with Crippen LogP contribution in [-0.4, -0.2) is 16.4 Å². The van der Waals surface area contributed by atoms with Crippen LogP contribution < -0.4 is 5.32 Å². The molecule has 4 heteroatoms. The Morgan fingerprint density at radius 3 is 3.07 bits per heavy atom. The van der Waals surface area contributed by atoms with Gasteiger partial charge in [0.1, 0.15) is 0 Å². The smallest absolute Gasteiger partial charge is 0.211 e. The second-order valence-electron chi connectivity index (χ2n) is 2.81. The summed E-state index contributed by atoms with van der Waals surface area (Å²) < 4.78 is 0. The molecule has 0 spiro atoms. The van der Waals surface area contributed by atoms with E-state index in [2.05, 4.69) is 15.3 Å². The molecule has 1 aromatic carbocycles. The number of carbonyl (C=O) groups is 1. The van der Waals surface area contributed by atoms with Crippen LogP contribution in [0.15, 0.2) is 36.8 Å². The number of imidazole rings is 1. The van der Waals surface area contributed by atoms with Crippen molar-refractivity contribution in [1.29, 1.82) is 0 Å². The molecule has 2 rings (SSSR count). The first-order valence-corrected chi connectivity index (χ1v) is 4.19. The fourth-order valence-electron chi connectivity index (χ4n) is 1.26. The highest BCUT2D eigenvalue weighted by atomic mass is 16.1. The molecule has 0 fully saturated rings. The predicted molar refractivity (Wildman–Crippen MR) is 53.7 cm³/mol. The Hall–Kier alpha value is -2.10. The van der Waals surface area contributed by atoms with Gasteiger partial charge in [0, 0.05) is 11.3 Å². The number of nitrogens with zero attached hydrogens (tertiary/aromatic N) is 1. The number of hydrogen-bond donors (Lipinski definition) is 2. The van der Waals surface area contributed by atoms with Crippen molar-refractivity contribution >= 4 is 12.1 Å². The van der Waals surface area contributed by atoms with Crippen molar-refractivity contribution < 1.29 is 4.79 Å². The van der Waals surface area contributed by atoms with Crippen molar-refractivity contribution in [2.75, 3.05) is 5.32 Å². The zero-order valence-electron chi connectivity index (χ0n) is 7.40. The highest BCUT2D eigenvalue weighted by Crippen LogP contribution is 2.19. The first-order chi connectivity index (χ1) is 6.90. The molecule has 0 aliphatic heterocycles. The van der Waals surface area contributed by atoms with E-state index in [-0.39, 0.29) is 0 Å². The van der Waals surface area contributed by atoms with Crippen molar-refractivity contribution in [2.45, 2.75) is 0 Å². The van der Waals surface area contributed by atoms with Gasteiger partial charge >= 0.3 is 0 Å². The van der Waals surface area contributed by atoms with E-state index in [0.717, 1.165) is 16.9 Å². The molecule has 70 valence electrons. The van der Waals surface area contributed by atoms with Crippen LogP contribution in [0.25, 0.3) is 11.3 Å². The van der Waals surface area contributed by atoms with Gasteiger partial charge in [-0.15, -0.1) is 0 Å². The molecule has 0 bridgehead atoms. The average Bonchev–Trinajstić information content (AvgIpc) is 2.71. The van der Waals surface area contributed by atoms with Crippen LogP contribution in [-0.2, 0) is 4.79 Å². The Kier molecular flexibility index (Phi) is 2.27. The topological polar surface area (TPSA) is 57.8 Å². The number of anilines is 1. The molecule has 0 radical (unpaired) electrons. The maximum Gasteiger partial charge on any atom is 0.211 e. The van der Waals surface area contributed by atoms with Gasteiger partial charge in [-0.2, -0.15) is 0 Å². The van der Waals surface area contributed by atoms with Crippen molar-refractivity contribution in [2.24, 2.45) is 0 Å². The van der Waals surface area contributed by atoms with Gasteiger partial charge in [-0.25, -0.2) is 4.98 Å². The molecule has 0 saturated heterocycles. The molecular formula is C10H9N3O. The Balaban J connectivity index is 2.35. The lowest BCUT2D eigenvalue weighted by Gasteiger charge is -2.01. The lowest BCUT2D eigenvalue weighted by molar-refractivity contribution is -0.105. The number of amides is 1. The van der Waals surface area contributed by atoms with E-state index in [1.165, 1.54) is 0 Å². The molecule has 0 unspecified atom stereocenters. The third-order valence-electron chi connectivity index (χ3n) is 1.90. The van der Waals surface area contributed by atoms with E-state index in [1.807, 2.05) is 24.3 Å². The van der Waals surface area contributed by atoms with Gasteiger partial charge in [-0.05, 0) is 12.1 Å². The quantitative estimate of drug-likeness (QED) is 0.718. The van der Waals surface area contributed by atoms with Gasteiger partial charge in [0.2, 0.25) is 6.41 Å². The third-order valence-corrected chi connectivity index (χ3v) is 1.90. The summed E-state index contributed by atoms with van der Waals surface area (Å²) >= 11 is 0. The standard InChI is InChI=1S/C10H9N3O/c14-7-13-9-3-1-2-8(4-9)10-5-11-6-12-10/h1-7H,(H,11,12)(H,13,14). The highest BCUT2D eigenvalue weighted by Gasteiger charge is 1.98. The predicted octanol–water partition coefficient (Wildman–Crippen LogP) is 1.64. The first-order valence-electron chi connectivity index (χ1n) is 4.19. The van der Waals surface area contributed by atoms with Gasteiger partial charge in [0.05, 0.1) is 18.2 Å². The van der Waals surface area contributed by atoms with Gasteiger partial charge < -0.3 is 10.3 Å². The second kappa shape index (κ2) is 3.74.